The lowest BCUT2D eigenvalue weighted by molar-refractivity contribution is 0.0931. The number of nitrogens with one attached hydrogen (secondary N) is 2. The van der Waals surface area contributed by atoms with Crippen LogP contribution in [0.25, 0.3) is 11.3 Å². The van der Waals surface area contributed by atoms with Gasteiger partial charge in [0.05, 0.1) is 10.7 Å². The van der Waals surface area contributed by atoms with Crippen LogP contribution in [0.15, 0.2) is 17.6 Å². The van der Waals surface area contributed by atoms with Crippen LogP contribution in [0.3, 0.4) is 0 Å². The molecule has 2 aromatic heterocycles. The first-order valence-electron chi connectivity index (χ1n) is 6.55. The third kappa shape index (κ3) is 2.71. The first-order chi connectivity index (χ1) is 9.13. The van der Waals surface area contributed by atoms with Crippen LogP contribution >= 0.6 is 11.3 Å². The fraction of sp³-hybridized carbons (Fsp3) is 0.429. The zero-order valence-electron chi connectivity index (χ0n) is 11.1. The highest BCUT2D eigenvalue weighted by Crippen LogP contribution is 2.32. The average molecular weight is 275 g/mol. The van der Waals surface area contributed by atoms with Gasteiger partial charge in [-0.2, -0.15) is 0 Å². The summed E-state index contributed by atoms with van der Waals surface area (Å²) >= 11 is 1.61. The molecule has 1 fully saturated rings. The van der Waals surface area contributed by atoms with Crippen molar-refractivity contribution in [3.8, 4) is 11.3 Å². The molecule has 0 spiro atoms. The Morgan fingerprint density at radius 1 is 1.58 bits per heavy atom. The summed E-state index contributed by atoms with van der Waals surface area (Å²) in [5.74, 6) is 0.636. The third-order valence-electron chi connectivity index (χ3n) is 3.53. The molecule has 1 unspecified atom stereocenters. The number of rotatable bonds is 4. The van der Waals surface area contributed by atoms with E-state index >= 15 is 0 Å². The third-order valence-corrected chi connectivity index (χ3v) is 4.30. The van der Waals surface area contributed by atoms with Gasteiger partial charge in [-0.3, -0.25) is 4.79 Å². The summed E-state index contributed by atoms with van der Waals surface area (Å²) < 4.78 is 0. The van der Waals surface area contributed by atoms with Crippen LogP contribution in [-0.4, -0.2) is 21.9 Å². The van der Waals surface area contributed by atoms with E-state index in [0.717, 1.165) is 16.3 Å². The Balaban J connectivity index is 1.71. The van der Waals surface area contributed by atoms with E-state index in [1.807, 2.05) is 24.6 Å². The van der Waals surface area contributed by atoms with Gasteiger partial charge >= 0.3 is 0 Å². The summed E-state index contributed by atoms with van der Waals surface area (Å²) in [4.78, 5) is 19.5. The quantitative estimate of drug-likeness (QED) is 0.901. The van der Waals surface area contributed by atoms with E-state index in [1.54, 1.807) is 11.3 Å². The number of aromatic amines is 1. The summed E-state index contributed by atoms with van der Waals surface area (Å²) in [7, 11) is 0. The van der Waals surface area contributed by atoms with E-state index < -0.39 is 0 Å². The molecule has 0 aliphatic heterocycles. The summed E-state index contributed by atoms with van der Waals surface area (Å²) in [5.41, 5.74) is 2.50. The van der Waals surface area contributed by atoms with E-state index in [0.29, 0.717) is 11.6 Å². The van der Waals surface area contributed by atoms with Crippen LogP contribution in [0, 0.1) is 12.8 Å². The zero-order valence-corrected chi connectivity index (χ0v) is 11.9. The molecule has 5 heteroatoms. The van der Waals surface area contributed by atoms with E-state index in [-0.39, 0.29) is 11.9 Å². The minimum Gasteiger partial charge on any atom is -0.357 e. The standard InChI is InChI=1S/C14H17N3OS/c1-8(10-3-4-10)16-14(18)12-5-11(6-15-12)13-7-19-9(2)17-13/h5-8,10,15H,3-4H2,1-2H3,(H,16,18). The van der Waals surface area contributed by atoms with Gasteiger partial charge in [-0.25, -0.2) is 4.98 Å². The van der Waals surface area contributed by atoms with Gasteiger partial charge in [-0.1, -0.05) is 0 Å². The lowest BCUT2D eigenvalue weighted by Crippen LogP contribution is -2.34. The molecule has 0 radical (unpaired) electrons. The number of amides is 1. The molecule has 0 saturated heterocycles. The van der Waals surface area contributed by atoms with Crippen LogP contribution in [0.1, 0.15) is 35.3 Å². The van der Waals surface area contributed by atoms with E-state index in [9.17, 15) is 4.79 Å². The number of aromatic nitrogens is 2. The van der Waals surface area contributed by atoms with E-state index in [2.05, 4.69) is 22.2 Å². The van der Waals surface area contributed by atoms with Crippen molar-refractivity contribution in [3.05, 3.63) is 28.3 Å². The fourth-order valence-electron chi connectivity index (χ4n) is 2.17. The number of aryl methyl sites for hydroxylation is 1. The second-order valence-corrected chi connectivity index (χ2v) is 6.22. The van der Waals surface area contributed by atoms with Gasteiger partial charge in [0, 0.05) is 23.2 Å². The van der Waals surface area contributed by atoms with Gasteiger partial charge in [0.1, 0.15) is 5.69 Å². The molecule has 2 heterocycles. The fourth-order valence-corrected chi connectivity index (χ4v) is 2.79. The largest absolute Gasteiger partial charge is 0.357 e. The average Bonchev–Trinajstić information content (AvgIpc) is 2.95. The number of hydrogen-bond donors (Lipinski definition) is 2. The van der Waals surface area contributed by atoms with Crippen molar-refractivity contribution < 1.29 is 4.79 Å². The van der Waals surface area contributed by atoms with E-state index in [4.69, 9.17) is 0 Å². The first-order valence-corrected chi connectivity index (χ1v) is 7.43. The highest BCUT2D eigenvalue weighted by molar-refractivity contribution is 7.09. The van der Waals surface area contributed by atoms with E-state index in [1.165, 1.54) is 12.8 Å². The van der Waals surface area contributed by atoms with Gasteiger partial charge in [0.25, 0.3) is 5.91 Å². The lowest BCUT2D eigenvalue weighted by atomic mass is 10.2. The molecule has 1 aliphatic carbocycles. The van der Waals surface area contributed by atoms with Crippen molar-refractivity contribution >= 4 is 17.2 Å². The molecule has 2 aromatic rings. The maximum absolute atomic E-state index is 12.1. The molecular formula is C14H17N3OS. The van der Waals surface area contributed by atoms with Crippen LogP contribution in [0.2, 0.25) is 0 Å². The molecule has 19 heavy (non-hydrogen) atoms. The Kier molecular flexibility index (Phi) is 3.14. The Morgan fingerprint density at radius 3 is 3.00 bits per heavy atom. The number of thiazole rings is 1. The Labute approximate surface area is 116 Å². The molecule has 4 nitrogen and oxygen atoms in total. The summed E-state index contributed by atoms with van der Waals surface area (Å²) in [5, 5.41) is 6.08. The van der Waals surface area contributed by atoms with Crippen molar-refractivity contribution in [3.63, 3.8) is 0 Å². The van der Waals surface area contributed by atoms with Gasteiger partial charge < -0.3 is 10.3 Å². The monoisotopic (exact) mass is 275 g/mol. The van der Waals surface area contributed by atoms with Crippen LogP contribution in [0.4, 0.5) is 0 Å². The van der Waals surface area contributed by atoms with Crippen molar-refractivity contribution in [1.82, 2.24) is 15.3 Å². The zero-order chi connectivity index (χ0) is 13.4. The summed E-state index contributed by atoms with van der Waals surface area (Å²) in [6.45, 7) is 4.05. The number of nitrogens with zero attached hydrogens (tertiary/aromatic N) is 1. The molecule has 1 amide bonds. The topological polar surface area (TPSA) is 57.8 Å². The molecule has 0 aromatic carbocycles. The van der Waals surface area contributed by atoms with Crippen LogP contribution in [-0.2, 0) is 0 Å². The molecule has 0 bridgehead atoms. The van der Waals surface area contributed by atoms with Crippen molar-refractivity contribution in [1.29, 1.82) is 0 Å². The Hall–Kier alpha value is -1.62. The SMILES string of the molecule is Cc1nc(-c2c[nH]c(C(=O)NC(C)C3CC3)c2)cs1. The predicted octanol–water partition coefficient (Wildman–Crippen LogP) is 2.97. The number of carbonyl (C=O) groups is 1. The van der Waals surface area contributed by atoms with Crippen LogP contribution in [0.5, 0.6) is 0 Å². The van der Waals surface area contributed by atoms with Gasteiger partial charge in [-0.15, -0.1) is 11.3 Å². The normalized spacial score (nSPS) is 16.3. The van der Waals surface area contributed by atoms with Crippen LogP contribution < -0.4 is 5.32 Å². The second-order valence-electron chi connectivity index (χ2n) is 5.15. The molecular weight excluding hydrogens is 258 g/mol. The van der Waals surface area contributed by atoms with Crippen molar-refractivity contribution in [2.75, 3.05) is 0 Å². The van der Waals surface area contributed by atoms with Gasteiger partial charge in [0.2, 0.25) is 0 Å². The van der Waals surface area contributed by atoms with Crippen molar-refractivity contribution in [2.24, 2.45) is 5.92 Å². The lowest BCUT2D eigenvalue weighted by Gasteiger charge is -2.11. The first kappa shape index (κ1) is 12.4. The highest BCUT2D eigenvalue weighted by atomic mass is 32.1. The summed E-state index contributed by atoms with van der Waals surface area (Å²) in [6.07, 6.45) is 4.30. The maximum Gasteiger partial charge on any atom is 0.267 e. The number of carbonyl (C=O) groups excluding carboxylic acids is 1. The predicted molar refractivity (Wildman–Crippen MR) is 76.3 cm³/mol. The number of H-pyrrole nitrogens is 1. The smallest absolute Gasteiger partial charge is 0.267 e. The molecule has 1 atom stereocenters. The molecule has 3 rings (SSSR count). The number of hydrogen-bond acceptors (Lipinski definition) is 3. The van der Waals surface area contributed by atoms with Gasteiger partial charge in [0.15, 0.2) is 0 Å². The molecule has 1 aliphatic rings. The summed E-state index contributed by atoms with van der Waals surface area (Å²) in [6, 6.07) is 2.13. The van der Waals surface area contributed by atoms with Gasteiger partial charge in [-0.05, 0) is 38.7 Å². The Bertz CT molecular complexity index is 597. The molecule has 100 valence electrons. The second kappa shape index (κ2) is 4.81. The minimum atomic E-state index is -0.0300. The Morgan fingerprint density at radius 2 is 2.37 bits per heavy atom. The minimum absolute atomic E-state index is 0.0300. The highest BCUT2D eigenvalue weighted by Gasteiger charge is 2.29. The molecule has 2 N–H and O–H groups in total. The molecule has 1 saturated carbocycles. The maximum atomic E-state index is 12.1. The van der Waals surface area contributed by atoms with Crippen molar-refractivity contribution in [2.45, 2.75) is 32.7 Å².